The van der Waals surface area contributed by atoms with Gasteiger partial charge in [0, 0.05) is 41.6 Å². The van der Waals surface area contributed by atoms with Gasteiger partial charge >= 0.3 is 0 Å². The molecule has 1 aliphatic rings. The molecular weight excluding hydrogens is 234 g/mol. The van der Waals surface area contributed by atoms with E-state index in [0.29, 0.717) is 17.4 Å². The molecule has 0 aromatic carbocycles. The molecule has 0 spiro atoms. The predicted octanol–water partition coefficient (Wildman–Crippen LogP) is 0.784. The average molecular weight is 246 g/mol. The van der Waals surface area contributed by atoms with Crippen molar-refractivity contribution in [3.8, 4) is 0 Å². The zero-order valence-electron chi connectivity index (χ0n) is 8.23. The standard InChI is InChI=1S/C9H12ClN3OS/c10-5-8-6-11-7-9(12-8)13-1-3-15(14)4-2-13/h6-7H,1-5H2. The number of rotatable bonds is 2. The maximum absolute atomic E-state index is 11.2. The van der Waals surface area contributed by atoms with Crippen LogP contribution in [0.25, 0.3) is 0 Å². The van der Waals surface area contributed by atoms with Gasteiger partial charge in [0.25, 0.3) is 0 Å². The second-order valence-electron chi connectivity index (χ2n) is 3.34. The monoisotopic (exact) mass is 245 g/mol. The van der Waals surface area contributed by atoms with Gasteiger partial charge in [-0.1, -0.05) is 0 Å². The van der Waals surface area contributed by atoms with Gasteiger partial charge in [-0.2, -0.15) is 0 Å². The average Bonchev–Trinajstić information content (AvgIpc) is 2.30. The van der Waals surface area contributed by atoms with E-state index in [1.165, 1.54) is 0 Å². The molecule has 0 saturated carbocycles. The Morgan fingerprint density at radius 2 is 2.13 bits per heavy atom. The summed E-state index contributed by atoms with van der Waals surface area (Å²) >= 11 is 5.69. The molecule has 4 nitrogen and oxygen atoms in total. The van der Waals surface area contributed by atoms with Crippen LogP contribution >= 0.6 is 11.6 Å². The molecule has 0 aliphatic carbocycles. The third kappa shape index (κ3) is 2.66. The molecule has 0 N–H and O–H groups in total. The van der Waals surface area contributed by atoms with Crippen molar-refractivity contribution in [2.45, 2.75) is 5.88 Å². The smallest absolute Gasteiger partial charge is 0.147 e. The van der Waals surface area contributed by atoms with Crippen LogP contribution in [0.4, 0.5) is 5.82 Å². The number of alkyl halides is 1. The van der Waals surface area contributed by atoms with Gasteiger partial charge in [0.1, 0.15) is 5.82 Å². The summed E-state index contributed by atoms with van der Waals surface area (Å²) < 4.78 is 11.2. The Labute approximate surface area is 96.1 Å². The molecule has 1 aromatic rings. The summed E-state index contributed by atoms with van der Waals surface area (Å²) in [5.41, 5.74) is 0.779. The van der Waals surface area contributed by atoms with Gasteiger partial charge in [-0.05, 0) is 0 Å². The van der Waals surface area contributed by atoms with Gasteiger partial charge < -0.3 is 4.90 Å². The van der Waals surface area contributed by atoms with Crippen LogP contribution in [0.15, 0.2) is 12.4 Å². The van der Waals surface area contributed by atoms with E-state index in [1.807, 2.05) is 0 Å². The lowest BCUT2D eigenvalue weighted by Gasteiger charge is -2.27. The van der Waals surface area contributed by atoms with Crippen LogP contribution in [0, 0.1) is 0 Å². The third-order valence-corrected chi connectivity index (χ3v) is 3.86. The van der Waals surface area contributed by atoms with Gasteiger partial charge in [0.15, 0.2) is 0 Å². The first-order chi connectivity index (χ1) is 7.29. The summed E-state index contributed by atoms with van der Waals surface area (Å²) in [6.07, 6.45) is 3.39. The zero-order valence-corrected chi connectivity index (χ0v) is 9.80. The van der Waals surface area contributed by atoms with E-state index < -0.39 is 10.8 Å². The first-order valence-electron chi connectivity index (χ1n) is 4.76. The molecule has 15 heavy (non-hydrogen) atoms. The highest BCUT2D eigenvalue weighted by atomic mass is 35.5. The van der Waals surface area contributed by atoms with Crippen molar-refractivity contribution in [3.05, 3.63) is 18.1 Å². The number of halogens is 1. The second kappa shape index (κ2) is 4.90. The Hall–Kier alpha value is -0.680. The van der Waals surface area contributed by atoms with Crippen molar-refractivity contribution in [1.82, 2.24) is 9.97 Å². The Kier molecular flexibility index (Phi) is 3.53. The molecule has 6 heteroatoms. The normalized spacial score (nSPS) is 18.1. The van der Waals surface area contributed by atoms with Crippen LogP contribution in [-0.4, -0.2) is 38.8 Å². The SMILES string of the molecule is O=S1CCN(c2cncc(CCl)n2)CC1. The Morgan fingerprint density at radius 1 is 1.40 bits per heavy atom. The van der Waals surface area contributed by atoms with Gasteiger partial charge in [0.05, 0.1) is 17.8 Å². The Bertz CT molecular complexity index is 364. The fourth-order valence-corrected chi connectivity index (χ4v) is 2.66. The topological polar surface area (TPSA) is 46.1 Å². The Balaban J connectivity index is 2.11. The van der Waals surface area contributed by atoms with E-state index in [4.69, 9.17) is 11.6 Å². The molecule has 2 rings (SSSR count). The van der Waals surface area contributed by atoms with E-state index in [-0.39, 0.29) is 0 Å². The summed E-state index contributed by atoms with van der Waals surface area (Å²) in [6, 6.07) is 0. The fourth-order valence-electron chi connectivity index (χ4n) is 1.48. The number of aromatic nitrogens is 2. The fraction of sp³-hybridized carbons (Fsp3) is 0.556. The first-order valence-corrected chi connectivity index (χ1v) is 6.78. The minimum Gasteiger partial charge on any atom is -0.353 e. The van der Waals surface area contributed by atoms with Gasteiger partial charge in [0.2, 0.25) is 0 Å². The molecule has 0 bridgehead atoms. The van der Waals surface area contributed by atoms with Crippen LogP contribution in [0.5, 0.6) is 0 Å². The molecule has 0 unspecified atom stereocenters. The molecule has 82 valence electrons. The molecule has 0 radical (unpaired) electrons. The summed E-state index contributed by atoms with van der Waals surface area (Å²) in [4.78, 5) is 10.6. The summed E-state index contributed by atoms with van der Waals surface area (Å²) in [7, 11) is -0.658. The molecular formula is C9H12ClN3OS. The van der Waals surface area contributed by atoms with Crippen molar-refractivity contribution >= 4 is 28.2 Å². The molecule has 0 amide bonds. The molecule has 0 atom stereocenters. The van der Waals surface area contributed by atoms with Crippen LogP contribution in [-0.2, 0) is 16.7 Å². The van der Waals surface area contributed by atoms with Crippen molar-refractivity contribution in [2.24, 2.45) is 0 Å². The predicted molar refractivity (Wildman–Crippen MR) is 61.7 cm³/mol. The largest absolute Gasteiger partial charge is 0.353 e. The summed E-state index contributed by atoms with van der Waals surface area (Å²) in [6.45, 7) is 1.57. The molecule has 1 saturated heterocycles. The molecule has 1 aromatic heterocycles. The first kappa shape index (κ1) is 10.8. The number of hydrogen-bond donors (Lipinski definition) is 0. The van der Waals surface area contributed by atoms with E-state index in [2.05, 4.69) is 14.9 Å². The maximum Gasteiger partial charge on any atom is 0.147 e. The lowest BCUT2D eigenvalue weighted by molar-refractivity contribution is 0.672. The quantitative estimate of drug-likeness (QED) is 0.723. The van der Waals surface area contributed by atoms with Crippen LogP contribution in [0.3, 0.4) is 0 Å². The van der Waals surface area contributed by atoms with E-state index in [9.17, 15) is 4.21 Å². The molecule has 1 fully saturated rings. The van der Waals surface area contributed by atoms with Crippen LogP contribution in [0.1, 0.15) is 5.69 Å². The van der Waals surface area contributed by atoms with Crippen molar-refractivity contribution in [1.29, 1.82) is 0 Å². The van der Waals surface area contributed by atoms with E-state index >= 15 is 0 Å². The highest BCUT2D eigenvalue weighted by molar-refractivity contribution is 7.85. The van der Waals surface area contributed by atoms with Crippen molar-refractivity contribution in [3.63, 3.8) is 0 Å². The Morgan fingerprint density at radius 3 is 2.80 bits per heavy atom. The number of hydrogen-bond acceptors (Lipinski definition) is 4. The number of anilines is 1. The summed E-state index contributed by atoms with van der Waals surface area (Å²) in [5, 5.41) is 0. The van der Waals surface area contributed by atoms with Gasteiger partial charge in [-0.15, -0.1) is 11.6 Å². The highest BCUT2D eigenvalue weighted by Gasteiger charge is 2.16. The van der Waals surface area contributed by atoms with Crippen molar-refractivity contribution < 1.29 is 4.21 Å². The minimum atomic E-state index is -0.658. The summed E-state index contributed by atoms with van der Waals surface area (Å²) in [5.74, 6) is 2.64. The minimum absolute atomic E-state index is 0.376. The van der Waals surface area contributed by atoms with E-state index in [1.54, 1.807) is 12.4 Å². The molecule has 2 heterocycles. The van der Waals surface area contributed by atoms with Crippen LogP contribution < -0.4 is 4.90 Å². The van der Waals surface area contributed by atoms with Gasteiger partial charge in [-0.3, -0.25) is 9.19 Å². The van der Waals surface area contributed by atoms with Crippen molar-refractivity contribution in [2.75, 3.05) is 29.5 Å². The lowest BCUT2D eigenvalue weighted by atomic mass is 10.4. The highest BCUT2D eigenvalue weighted by Crippen LogP contribution is 2.13. The number of nitrogens with zero attached hydrogens (tertiary/aromatic N) is 3. The van der Waals surface area contributed by atoms with E-state index in [0.717, 1.165) is 24.6 Å². The van der Waals surface area contributed by atoms with Gasteiger partial charge in [-0.25, -0.2) is 4.98 Å². The molecule has 1 aliphatic heterocycles. The maximum atomic E-state index is 11.2. The lowest BCUT2D eigenvalue weighted by Crippen LogP contribution is -2.38. The zero-order chi connectivity index (χ0) is 10.7. The van der Waals surface area contributed by atoms with Crippen LogP contribution in [0.2, 0.25) is 0 Å². The second-order valence-corrected chi connectivity index (χ2v) is 5.30. The third-order valence-electron chi connectivity index (χ3n) is 2.31.